The molecule has 6 nitrogen and oxygen atoms in total. The zero-order valence-corrected chi connectivity index (χ0v) is 16.1. The summed E-state index contributed by atoms with van der Waals surface area (Å²) in [6.45, 7) is 0.140. The summed E-state index contributed by atoms with van der Waals surface area (Å²) in [5.41, 5.74) is 5.47. The minimum absolute atomic E-state index is 0.00545. The van der Waals surface area contributed by atoms with Crippen molar-refractivity contribution in [3.8, 4) is 0 Å². The van der Waals surface area contributed by atoms with Gasteiger partial charge in [-0.1, -0.05) is 40.9 Å². The van der Waals surface area contributed by atoms with Gasteiger partial charge in [0.05, 0.1) is 21.7 Å². The molecule has 0 spiro atoms. The van der Waals surface area contributed by atoms with Crippen LogP contribution in [0, 0.1) is 5.92 Å². The number of nitrogens with zero attached hydrogens (tertiary/aromatic N) is 1. The maximum absolute atomic E-state index is 12.3. The summed E-state index contributed by atoms with van der Waals surface area (Å²) in [7, 11) is 0. The molecule has 2 aromatic carbocycles. The number of hydrazine groups is 1. The molecule has 27 heavy (non-hydrogen) atoms. The van der Waals surface area contributed by atoms with Crippen LogP contribution in [-0.2, 0) is 9.59 Å². The molecule has 2 N–H and O–H groups in total. The van der Waals surface area contributed by atoms with Crippen molar-refractivity contribution in [2.45, 2.75) is 6.42 Å². The van der Waals surface area contributed by atoms with Gasteiger partial charge >= 0.3 is 0 Å². The van der Waals surface area contributed by atoms with Crippen LogP contribution in [0.3, 0.4) is 0 Å². The zero-order valence-electron chi connectivity index (χ0n) is 13.8. The number of carbonyl (C=O) groups excluding carboxylic acids is 3. The van der Waals surface area contributed by atoms with Gasteiger partial charge in [-0.05, 0) is 36.4 Å². The fourth-order valence-electron chi connectivity index (χ4n) is 2.71. The summed E-state index contributed by atoms with van der Waals surface area (Å²) >= 11 is 17.9. The lowest BCUT2D eigenvalue weighted by Crippen LogP contribution is -2.45. The molecule has 0 saturated carbocycles. The highest BCUT2D eigenvalue weighted by Gasteiger charge is 2.36. The van der Waals surface area contributed by atoms with E-state index in [1.807, 2.05) is 0 Å². The monoisotopic (exact) mass is 425 g/mol. The van der Waals surface area contributed by atoms with Crippen LogP contribution in [0.4, 0.5) is 5.69 Å². The molecule has 0 unspecified atom stereocenters. The van der Waals surface area contributed by atoms with Gasteiger partial charge in [0.25, 0.3) is 5.91 Å². The normalized spacial score (nSPS) is 16.3. The van der Waals surface area contributed by atoms with Gasteiger partial charge in [0.2, 0.25) is 11.8 Å². The predicted molar refractivity (Wildman–Crippen MR) is 104 cm³/mol. The van der Waals surface area contributed by atoms with Gasteiger partial charge in [0.1, 0.15) is 0 Å². The summed E-state index contributed by atoms with van der Waals surface area (Å²) in [4.78, 5) is 38.1. The van der Waals surface area contributed by atoms with Gasteiger partial charge in [-0.3, -0.25) is 25.2 Å². The standard InChI is InChI=1S/C18H14Cl3N3O3/c19-12-6-4-10(5-7-12)17(26)22-23-18(27)11-8-15(25)24(9-11)14-3-1-2-13(20)16(14)21/h1-7,11H,8-9H2,(H,22,26)(H,23,27)/t11-/m1/s1. The molecule has 1 aliphatic rings. The Balaban J connectivity index is 1.61. The van der Waals surface area contributed by atoms with Gasteiger partial charge in [-0.25, -0.2) is 0 Å². The largest absolute Gasteiger partial charge is 0.310 e. The number of amides is 3. The SMILES string of the molecule is O=C(NNC(=O)[C@@H]1CC(=O)N(c2cccc(Cl)c2Cl)C1)c1ccc(Cl)cc1. The first-order valence-electron chi connectivity index (χ1n) is 7.97. The molecule has 3 amide bonds. The van der Waals surface area contributed by atoms with E-state index in [9.17, 15) is 14.4 Å². The summed E-state index contributed by atoms with van der Waals surface area (Å²) in [6.07, 6.45) is 0.00545. The van der Waals surface area contributed by atoms with Crippen molar-refractivity contribution in [1.82, 2.24) is 10.9 Å². The van der Waals surface area contributed by atoms with E-state index in [0.717, 1.165) is 0 Å². The first-order chi connectivity index (χ1) is 12.9. The summed E-state index contributed by atoms with van der Waals surface area (Å²) in [5.74, 6) is -1.83. The Morgan fingerprint density at radius 3 is 2.41 bits per heavy atom. The Kier molecular flexibility index (Phi) is 5.89. The third-order valence-electron chi connectivity index (χ3n) is 4.12. The Morgan fingerprint density at radius 2 is 1.70 bits per heavy atom. The molecule has 0 radical (unpaired) electrons. The van der Waals surface area contributed by atoms with Gasteiger partial charge in [-0.15, -0.1) is 0 Å². The van der Waals surface area contributed by atoms with Crippen molar-refractivity contribution < 1.29 is 14.4 Å². The maximum atomic E-state index is 12.3. The van der Waals surface area contributed by atoms with Crippen molar-refractivity contribution >= 4 is 58.2 Å². The highest BCUT2D eigenvalue weighted by molar-refractivity contribution is 6.44. The average Bonchev–Trinajstić information content (AvgIpc) is 3.04. The number of hydrogen-bond acceptors (Lipinski definition) is 3. The minimum Gasteiger partial charge on any atom is -0.310 e. The van der Waals surface area contributed by atoms with Crippen LogP contribution in [0.1, 0.15) is 16.8 Å². The number of hydrogen-bond donors (Lipinski definition) is 2. The van der Waals surface area contributed by atoms with Crippen LogP contribution in [0.2, 0.25) is 15.1 Å². The third-order valence-corrected chi connectivity index (χ3v) is 5.18. The van der Waals surface area contributed by atoms with Crippen LogP contribution < -0.4 is 15.8 Å². The van der Waals surface area contributed by atoms with Crippen molar-refractivity contribution in [2.75, 3.05) is 11.4 Å². The topological polar surface area (TPSA) is 78.5 Å². The second-order valence-corrected chi connectivity index (χ2v) is 7.15. The Hall–Kier alpha value is -2.28. The van der Waals surface area contributed by atoms with E-state index in [4.69, 9.17) is 34.8 Å². The number of rotatable bonds is 3. The molecule has 1 atom stereocenters. The van der Waals surface area contributed by atoms with Gasteiger partial charge in [0, 0.05) is 23.6 Å². The molecule has 0 aromatic heterocycles. The lowest BCUT2D eigenvalue weighted by atomic mass is 10.1. The fraction of sp³-hybridized carbons (Fsp3) is 0.167. The van der Waals surface area contributed by atoms with Crippen molar-refractivity contribution in [3.05, 3.63) is 63.1 Å². The first kappa shape index (κ1) is 19.5. The van der Waals surface area contributed by atoms with Crippen LogP contribution in [0.15, 0.2) is 42.5 Å². The molecule has 0 bridgehead atoms. The second-order valence-electron chi connectivity index (χ2n) is 5.93. The van der Waals surface area contributed by atoms with E-state index in [1.165, 1.54) is 17.0 Å². The van der Waals surface area contributed by atoms with Crippen molar-refractivity contribution in [1.29, 1.82) is 0 Å². The van der Waals surface area contributed by atoms with E-state index < -0.39 is 17.7 Å². The minimum atomic E-state index is -0.627. The summed E-state index contributed by atoms with van der Waals surface area (Å²) in [6, 6.07) is 11.2. The van der Waals surface area contributed by atoms with Crippen LogP contribution in [0.25, 0.3) is 0 Å². The molecule has 1 saturated heterocycles. The van der Waals surface area contributed by atoms with Crippen LogP contribution >= 0.6 is 34.8 Å². The fourth-order valence-corrected chi connectivity index (χ4v) is 3.23. The lowest BCUT2D eigenvalue weighted by Gasteiger charge is -2.18. The van der Waals surface area contributed by atoms with Gasteiger partial charge < -0.3 is 4.90 Å². The predicted octanol–water partition coefficient (Wildman–Crippen LogP) is 3.46. The molecule has 140 valence electrons. The molecule has 1 fully saturated rings. The molecule has 2 aromatic rings. The highest BCUT2D eigenvalue weighted by atomic mass is 35.5. The summed E-state index contributed by atoms with van der Waals surface area (Å²) < 4.78 is 0. The van der Waals surface area contributed by atoms with E-state index in [2.05, 4.69) is 10.9 Å². The van der Waals surface area contributed by atoms with E-state index in [0.29, 0.717) is 21.3 Å². The van der Waals surface area contributed by atoms with E-state index in [-0.39, 0.29) is 23.9 Å². The number of nitrogens with one attached hydrogen (secondary N) is 2. The average molecular weight is 427 g/mol. The molecule has 9 heteroatoms. The zero-order chi connectivity index (χ0) is 19.6. The number of carbonyl (C=O) groups is 3. The quantitative estimate of drug-likeness (QED) is 0.738. The molecule has 1 heterocycles. The molecule has 3 rings (SSSR count). The molecule has 1 aliphatic heterocycles. The van der Waals surface area contributed by atoms with Crippen molar-refractivity contribution in [3.63, 3.8) is 0 Å². The molecular formula is C18H14Cl3N3O3. The highest BCUT2D eigenvalue weighted by Crippen LogP contribution is 2.35. The molecule has 0 aliphatic carbocycles. The molecular weight excluding hydrogens is 413 g/mol. The smallest absolute Gasteiger partial charge is 0.269 e. The van der Waals surface area contributed by atoms with Gasteiger partial charge in [0.15, 0.2) is 0 Å². The lowest BCUT2D eigenvalue weighted by molar-refractivity contribution is -0.126. The Labute approximate surface area is 170 Å². The van der Waals surface area contributed by atoms with Gasteiger partial charge in [-0.2, -0.15) is 0 Å². The summed E-state index contributed by atoms with van der Waals surface area (Å²) in [5, 5.41) is 1.08. The maximum Gasteiger partial charge on any atom is 0.269 e. The third kappa shape index (κ3) is 4.35. The number of benzene rings is 2. The number of halogens is 3. The van der Waals surface area contributed by atoms with Crippen LogP contribution in [-0.4, -0.2) is 24.3 Å². The Morgan fingerprint density at radius 1 is 1.00 bits per heavy atom. The second kappa shape index (κ2) is 8.17. The van der Waals surface area contributed by atoms with E-state index >= 15 is 0 Å². The first-order valence-corrected chi connectivity index (χ1v) is 9.10. The van der Waals surface area contributed by atoms with E-state index in [1.54, 1.807) is 30.3 Å². The van der Waals surface area contributed by atoms with Crippen molar-refractivity contribution in [2.24, 2.45) is 5.92 Å². The Bertz CT molecular complexity index is 902. The van der Waals surface area contributed by atoms with Crippen LogP contribution in [0.5, 0.6) is 0 Å². The number of anilines is 1.